The summed E-state index contributed by atoms with van der Waals surface area (Å²) in [4.78, 5) is 10.6. The third-order valence-electron chi connectivity index (χ3n) is 3.43. The Bertz CT molecular complexity index is 1050. The molecule has 0 aliphatic heterocycles. The molecule has 26 heavy (non-hydrogen) atoms. The van der Waals surface area contributed by atoms with Gasteiger partial charge in [-0.2, -0.15) is 14.9 Å². The highest BCUT2D eigenvalue weighted by atomic mass is 35.5. The predicted octanol–water partition coefficient (Wildman–Crippen LogP) is 4.72. The van der Waals surface area contributed by atoms with Crippen LogP contribution in [0.2, 0.25) is 5.02 Å². The molecule has 2 aromatic carbocycles. The first-order valence-electron chi connectivity index (χ1n) is 7.44. The molecule has 0 atom stereocenters. The van der Waals surface area contributed by atoms with Crippen molar-refractivity contribution in [1.29, 1.82) is 0 Å². The highest BCUT2D eigenvalue weighted by molar-refractivity contribution is 7.71. The van der Waals surface area contributed by atoms with E-state index < -0.39 is 4.92 Å². The number of allylic oxidation sites excluding steroid dienone is 1. The molecule has 0 aliphatic carbocycles. The van der Waals surface area contributed by atoms with Gasteiger partial charge in [-0.05, 0) is 54.7 Å². The van der Waals surface area contributed by atoms with Crippen LogP contribution in [0.25, 0.3) is 17.5 Å². The fourth-order valence-corrected chi connectivity index (χ4v) is 2.54. The summed E-state index contributed by atoms with van der Waals surface area (Å²) < 4.78 is 1.78. The Morgan fingerprint density at radius 3 is 2.69 bits per heavy atom. The number of rotatable bonds is 5. The van der Waals surface area contributed by atoms with Gasteiger partial charge in [0.15, 0.2) is 5.82 Å². The summed E-state index contributed by atoms with van der Waals surface area (Å²) in [6, 6.07) is 13.6. The fraction of sp³-hybridized carbons (Fsp3) is 0. The maximum absolute atomic E-state index is 11.0. The first kappa shape index (κ1) is 17.7. The van der Waals surface area contributed by atoms with Gasteiger partial charge in [-0.15, -0.1) is 0 Å². The molecule has 0 amide bonds. The van der Waals surface area contributed by atoms with Gasteiger partial charge in [0.05, 0.1) is 10.5 Å². The monoisotopic (exact) mass is 385 g/mol. The third kappa shape index (κ3) is 3.93. The van der Waals surface area contributed by atoms with Gasteiger partial charge in [-0.3, -0.25) is 10.1 Å². The Hall–Kier alpha value is -3.10. The number of nitro groups is 1. The second-order valence-electron chi connectivity index (χ2n) is 5.11. The van der Waals surface area contributed by atoms with Crippen LogP contribution in [0.3, 0.4) is 0 Å². The second-order valence-corrected chi connectivity index (χ2v) is 5.93. The van der Waals surface area contributed by atoms with Crippen molar-refractivity contribution >= 4 is 41.8 Å². The number of nitrogens with zero attached hydrogens (tertiary/aromatic N) is 4. The second kappa shape index (κ2) is 7.85. The Labute approximate surface area is 158 Å². The molecule has 130 valence electrons. The fourth-order valence-electron chi connectivity index (χ4n) is 2.23. The van der Waals surface area contributed by atoms with Crippen LogP contribution in [0.5, 0.6) is 0 Å². The van der Waals surface area contributed by atoms with E-state index in [9.17, 15) is 10.1 Å². The van der Waals surface area contributed by atoms with Crippen molar-refractivity contribution in [1.82, 2.24) is 14.9 Å². The number of hydrogen-bond donors (Lipinski definition) is 1. The van der Waals surface area contributed by atoms with Crippen LogP contribution in [0.1, 0.15) is 5.56 Å². The SMILES string of the molecule is O=[N+]([O-])c1ccccc1/C=C\C=N/n1c(-c2ccc(Cl)cc2)n[nH]c1=S. The number of hydrogen-bond acceptors (Lipinski definition) is 5. The quantitative estimate of drug-likeness (QED) is 0.298. The molecule has 1 heterocycles. The molecule has 7 nitrogen and oxygen atoms in total. The summed E-state index contributed by atoms with van der Waals surface area (Å²) in [5, 5.41) is 22.7. The zero-order valence-electron chi connectivity index (χ0n) is 13.2. The molecule has 1 N–H and O–H groups in total. The molecule has 9 heteroatoms. The van der Waals surface area contributed by atoms with Crippen molar-refractivity contribution in [2.75, 3.05) is 0 Å². The summed E-state index contributed by atoms with van der Waals surface area (Å²) >= 11 is 11.1. The average Bonchev–Trinajstić information content (AvgIpc) is 3.00. The molecule has 0 unspecified atom stereocenters. The Balaban J connectivity index is 1.86. The van der Waals surface area contributed by atoms with E-state index >= 15 is 0 Å². The number of aromatic nitrogens is 3. The zero-order valence-corrected chi connectivity index (χ0v) is 14.8. The number of para-hydroxylation sites is 1. The Kier molecular flexibility index (Phi) is 5.35. The number of halogens is 1. The van der Waals surface area contributed by atoms with E-state index in [1.807, 2.05) is 12.1 Å². The van der Waals surface area contributed by atoms with Gasteiger partial charge in [0.1, 0.15) is 0 Å². The number of nitrogens with one attached hydrogen (secondary N) is 1. The molecular weight excluding hydrogens is 374 g/mol. The lowest BCUT2D eigenvalue weighted by Crippen LogP contribution is -1.93. The van der Waals surface area contributed by atoms with Gasteiger partial charge < -0.3 is 0 Å². The molecule has 0 spiro atoms. The Morgan fingerprint density at radius 2 is 1.96 bits per heavy atom. The van der Waals surface area contributed by atoms with Crippen molar-refractivity contribution in [2.24, 2.45) is 5.10 Å². The van der Waals surface area contributed by atoms with E-state index in [1.165, 1.54) is 17.0 Å². The van der Waals surface area contributed by atoms with Crippen LogP contribution in [-0.2, 0) is 0 Å². The first-order valence-corrected chi connectivity index (χ1v) is 8.22. The van der Waals surface area contributed by atoms with Crippen LogP contribution in [0.4, 0.5) is 5.69 Å². The van der Waals surface area contributed by atoms with E-state index in [-0.39, 0.29) is 5.69 Å². The normalized spacial score (nSPS) is 11.4. The molecule has 3 aromatic rings. The van der Waals surface area contributed by atoms with Crippen molar-refractivity contribution in [2.45, 2.75) is 0 Å². The van der Waals surface area contributed by atoms with Crippen LogP contribution < -0.4 is 0 Å². The molecule has 3 rings (SSSR count). The third-order valence-corrected chi connectivity index (χ3v) is 3.95. The van der Waals surface area contributed by atoms with Crippen LogP contribution in [0, 0.1) is 14.9 Å². The molecule has 0 saturated carbocycles. The highest BCUT2D eigenvalue weighted by Gasteiger charge is 2.09. The van der Waals surface area contributed by atoms with Gasteiger partial charge in [-0.25, -0.2) is 5.10 Å². The van der Waals surface area contributed by atoms with Gasteiger partial charge in [0.2, 0.25) is 4.77 Å². The first-order chi connectivity index (χ1) is 12.6. The molecule has 0 fully saturated rings. The lowest BCUT2D eigenvalue weighted by Gasteiger charge is -2.00. The van der Waals surface area contributed by atoms with Crippen molar-refractivity contribution in [3.8, 4) is 11.4 Å². The topological polar surface area (TPSA) is 89.1 Å². The molecular formula is C17H12ClN5O2S. The minimum atomic E-state index is -0.429. The molecule has 1 aromatic heterocycles. The largest absolute Gasteiger partial charge is 0.276 e. The van der Waals surface area contributed by atoms with E-state index in [0.29, 0.717) is 21.2 Å². The van der Waals surface area contributed by atoms with Crippen molar-refractivity contribution < 1.29 is 4.92 Å². The van der Waals surface area contributed by atoms with Crippen LogP contribution in [-0.4, -0.2) is 26.0 Å². The number of aromatic amines is 1. The number of H-pyrrole nitrogens is 1. The van der Waals surface area contributed by atoms with Crippen LogP contribution in [0.15, 0.2) is 59.7 Å². The minimum absolute atomic E-state index is 0.0268. The summed E-state index contributed by atoms with van der Waals surface area (Å²) in [6.07, 6.45) is 4.69. The van der Waals surface area contributed by atoms with E-state index in [4.69, 9.17) is 23.8 Å². The Morgan fingerprint density at radius 1 is 1.23 bits per heavy atom. The van der Waals surface area contributed by atoms with Crippen molar-refractivity contribution in [3.63, 3.8) is 0 Å². The summed E-state index contributed by atoms with van der Waals surface area (Å²) in [6.45, 7) is 0. The van der Waals surface area contributed by atoms with Crippen molar-refractivity contribution in [3.05, 3.63) is 80.1 Å². The summed E-state index contributed by atoms with van der Waals surface area (Å²) in [7, 11) is 0. The standard InChI is InChI=1S/C17H12ClN5O2S/c18-14-9-7-13(8-10-14)16-20-21-17(26)22(16)19-11-3-5-12-4-1-2-6-15(12)23(24)25/h1-11H,(H,21,26)/b5-3-,19-11-. The smallest absolute Gasteiger partial charge is 0.258 e. The van der Waals surface area contributed by atoms with Crippen LogP contribution >= 0.6 is 23.8 Å². The predicted molar refractivity (Wildman–Crippen MR) is 104 cm³/mol. The maximum atomic E-state index is 11.0. The molecule has 0 bridgehead atoms. The molecule has 0 saturated heterocycles. The minimum Gasteiger partial charge on any atom is -0.258 e. The summed E-state index contributed by atoms with van der Waals surface area (Å²) in [5.41, 5.74) is 1.30. The molecule has 0 aliphatic rings. The van der Waals surface area contributed by atoms with E-state index in [0.717, 1.165) is 5.56 Å². The lowest BCUT2D eigenvalue weighted by atomic mass is 10.2. The molecule has 0 radical (unpaired) electrons. The zero-order chi connectivity index (χ0) is 18.5. The van der Waals surface area contributed by atoms with E-state index in [1.54, 1.807) is 42.5 Å². The lowest BCUT2D eigenvalue weighted by molar-refractivity contribution is -0.385. The van der Waals surface area contributed by atoms with Gasteiger partial charge in [0, 0.05) is 22.9 Å². The number of benzene rings is 2. The number of nitro benzene ring substituents is 1. The van der Waals surface area contributed by atoms with Gasteiger partial charge in [-0.1, -0.05) is 23.7 Å². The van der Waals surface area contributed by atoms with Gasteiger partial charge >= 0.3 is 0 Å². The maximum Gasteiger partial charge on any atom is 0.276 e. The summed E-state index contributed by atoms with van der Waals surface area (Å²) in [5.74, 6) is 0.530. The van der Waals surface area contributed by atoms with Gasteiger partial charge in [0.25, 0.3) is 5.69 Å². The average molecular weight is 386 g/mol. The van der Waals surface area contributed by atoms with E-state index in [2.05, 4.69) is 15.3 Å². The highest BCUT2D eigenvalue weighted by Crippen LogP contribution is 2.20.